The Hall–Kier alpha value is -3.30. The van der Waals surface area contributed by atoms with Crippen LogP contribution in [0, 0.1) is 5.92 Å². The highest BCUT2D eigenvalue weighted by Gasteiger charge is 2.47. The van der Waals surface area contributed by atoms with E-state index in [4.69, 9.17) is 19.9 Å². The number of fused-ring (bicyclic) bond motifs is 1. The minimum absolute atomic E-state index is 0.0228. The normalized spacial score (nSPS) is 20.2. The average molecular weight is 540 g/mol. The number of nitrogens with two attached hydrogens (primary N) is 1. The molecule has 1 saturated heterocycles. The van der Waals surface area contributed by atoms with Crippen molar-refractivity contribution in [2.45, 2.75) is 51.0 Å². The number of carbonyl (C=O) groups is 2. The quantitative estimate of drug-likeness (QED) is 0.375. The van der Waals surface area contributed by atoms with Gasteiger partial charge in [0.05, 0.1) is 19.6 Å². The molecule has 39 heavy (non-hydrogen) atoms. The number of aryl methyl sites for hydroxylation is 1. The maximum atomic E-state index is 13.5. The van der Waals surface area contributed by atoms with E-state index in [1.165, 1.54) is 0 Å². The summed E-state index contributed by atoms with van der Waals surface area (Å²) < 4.78 is 16.6. The predicted molar refractivity (Wildman–Crippen MR) is 148 cm³/mol. The summed E-state index contributed by atoms with van der Waals surface area (Å²) in [4.78, 5) is 30.3. The number of methoxy groups -OCH3 is 1. The van der Waals surface area contributed by atoms with Crippen molar-refractivity contribution in [2.75, 3.05) is 46.6 Å². The van der Waals surface area contributed by atoms with Crippen LogP contribution < -0.4 is 19.9 Å². The number of aliphatic carboxylic acids is 1. The van der Waals surface area contributed by atoms with Crippen LogP contribution in [0.2, 0.25) is 0 Å². The lowest BCUT2D eigenvalue weighted by Gasteiger charge is -2.30. The fourth-order valence-electron chi connectivity index (χ4n) is 5.81. The molecule has 4 rings (SSSR count). The van der Waals surface area contributed by atoms with E-state index in [0.717, 1.165) is 36.1 Å². The topological polar surface area (TPSA) is 115 Å². The van der Waals surface area contributed by atoms with Crippen molar-refractivity contribution in [3.63, 3.8) is 0 Å². The van der Waals surface area contributed by atoms with Crippen molar-refractivity contribution in [1.82, 2.24) is 9.80 Å². The second kappa shape index (κ2) is 13.7. The molecule has 9 heteroatoms. The SMILES string of the molecule is CCCCN(CCCN)C(=O)CN1C[C@H](c2ccc3c(c2)OCO3)C(C(=O)O)[C@@H]1CCc1ccccc1OC. The number of benzene rings is 2. The monoisotopic (exact) mass is 539 g/mol. The summed E-state index contributed by atoms with van der Waals surface area (Å²) in [5.41, 5.74) is 7.65. The van der Waals surface area contributed by atoms with Gasteiger partial charge in [0.2, 0.25) is 12.7 Å². The van der Waals surface area contributed by atoms with Crippen LogP contribution in [0.25, 0.3) is 0 Å². The summed E-state index contributed by atoms with van der Waals surface area (Å²) >= 11 is 0. The highest BCUT2D eigenvalue weighted by molar-refractivity contribution is 5.79. The van der Waals surface area contributed by atoms with Crippen molar-refractivity contribution in [1.29, 1.82) is 0 Å². The Bertz CT molecular complexity index is 1120. The molecule has 9 nitrogen and oxygen atoms in total. The van der Waals surface area contributed by atoms with Gasteiger partial charge in [0.1, 0.15) is 5.75 Å². The van der Waals surface area contributed by atoms with E-state index in [0.29, 0.717) is 50.5 Å². The minimum Gasteiger partial charge on any atom is -0.496 e. The Labute approximate surface area is 230 Å². The number of carbonyl (C=O) groups excluding carboxylic acids is 1. The number of para-hydroxylation sites is 1. The zero-order chi connectivity index (χ0) is 27.8. The average Bonchev–Trinajstić information content (AvgIpc) is 3.56. The van der Waals surface area contributed by atoms with Gasteiger partial charge in [0, 0.05) is 31.6 Å². The summed E-state index contributed by atoms with van der Waals surface area (Å²) in [7, 11) is 1.64. The van der Waals surface area contributed by atoms with Crippen molar-refractivity contribution < 1.29 is 28.9 Å². The number of carboxylic acids is 1. The molecule has 1 fully saturated rings. The molecule has 2 aromatic carbocycles. The molecule has 3 N–H and O–H groups in total. The third-order valence-electron chi connectivity index (χ3n) is 7.86. The molecule has 2 aliphatic rings. The molecule has 1 unspecified atom stereocenters. The summed E-state index contributed by atoms with van der Waals surface area (Å²) in [6.45, 7) is 4.73. The van der Waals surface area contributed by atoms with E-state index < -0.39 is 11.9 Å². The molecule has 0 aromatic heterocycles. The van der Waals surface area contributed by atoms with Gasteiger partial charge in [0.15, 0.2) is 11.5 Å². The molecule has 0 spiro atoms. The smallest absolute Gasteiger partial charge is 0.308 e. The number of nitrogens with zero attached hydrogens (tertiary/aromatic N) is 2. The zero-order valence-electron chi connectivity index (χ0n) is 23.0. The van der Waals surface area contributed by atoms with E-state index in [1.807, 2.05) is 47.4 Å². The van der Waals surface area contributed by atoms with Crippen LogP contribution in [0.5, 0.6) is 17.2 Å². The Balaban J connectivity index is 1.61. The lowest BCUT2D eigenvalue weighted by atomic mass is 9.83. The van der Waals surface area contributed by atoms with Crippen molar-refractivity contribution in [3.8, 4) is 17.2 Å². The molecule has 212 valence electrons. The largest absolute Gasteiger partial charge is 0.496 e. The third kappa shape index (κ3) is 6.83. The number of ether oxygens (including phenoxy) is 3. The molecule has 0 aliphatic carbocycles. The lowest BCUT2D eigenvalue weighted by molar-refractivity contribution is -0.143. The van der Waals surface area contributed by atoms with Crippen LogP contribution >= 0.6 is 0 Å². The third-order valence-corrected chi connectivity index (χ3v) is 7.86. The summed E-state index contributed by atoms with van der Waals surface area (Å²) in [6, 6.07) is 13.1. The van der Waals surface area contributed by atoms with Gasteiger partial charge in [0.25, 0.3) is 0 Å². The molecule has 0 radical (unpaired) electrons. The number of hydrogen-bond donors (Lipinski definition) is 2. The first-order valence-corrected chi connectivity index (χ1v) is 13.9. The van der Waals surface area contributed by atoms with E-state index in [1.54, 1.807) is 7.11 Å². The fraction of sp³-hybridized carbons (Fsp3) is 0.533. The Morgan fingerprint density at radius 3 is 2.64 bits per heavy atom. The van der Waals surface area contributed by atoms with Crippen LogP contribution in [-0.4, -0.2) is 79.5 Å². The molecule has 1 amide bonds. The van der Waals surface area contributed by atoms with Crippen LogP contribution in [0.4, 0.5) is 0 Å². The molecular weight excluding hydrogens is 498 g/mol. The minimum atomic E-state index is -0.858. The lowest BCUT2D eigenvalue weighted by Crippen LogP contribution is -2.45. The number of rotatable bonds is 14. The van der Waals surface area contributed by atoms with Crippen molar-refractivity contribution in [2.24, 2.45) is 11.7 Å². The van der Waals surface area contributed by atoms with Gasteiger partial charge in [-0.25, -0.2) is 0 Å². The first kappa shape index (κ1) is 28.7. The predicted octanol–water partition coefficient (Wildman–Crippen LogP) is 3.50. The first-order valence-electron chi connectivity index (χ1n) is 13.9. The molecule has 0 bridgehead atoms. The second-order valence-corrected chi connectivity index (χ2v) is 10.3. The van der Waals surface area contributed by atoms with Gasteiger partial charge < -0.3 is 30.0 Å². The maximum Gasteiger partial charge on any atom is 0.308 e. The highest BCUT2D eigenvalue weighted by atomic mass is 16.7. The van der Waals surface area contributed by atoms with Crippen LogP contribution in [-0.2, 0) is 16.0 Å². The number of amides is 1. The van der Waals surface area contributed by atoms with Gasteiger partial charge >= 0.3 is 5.97 Å². The molecule has 0 saturated carbocycles. The first-order chi connectivity index (χ1) is 19.0. The van der Waals surface area contributed by atoms with Gasteiger partial charge in [-0.05, 0) is 61.6 Å². The van der Waals surface area contributed by atoms with Crippen LogP contribution in [0.15, 0.2) is 42.5 Å². The molecule has 2 aromatic rings. The van der Waals surface area contributed by atoms with E-state index in [9.17, 15) is 14.7 Å². The van der Waals surface area contributed by atoms with E-state index in [2.05, 4.69) is 11.8 Å². The van der Waals surface area contributed by atoms with Gasteiger partial charge in [-0.1, -0.05) is 37.6 Å². The number of carboxylic acid groups (broad SMARTS) is 1. The fourth-order valence-corrected chi connectivity index (χ4v) is 5.81. The second-order valence-electron chi connectivity index (χ2n) is 10.3. The summed E-state index contributed by atoms with van der Waals surface area (Å²) in [5.74, 6) is 0.267. The van der Waals surface area contributed by atoms with Gasteiger partial charge in [-0.15, -0.1) is 0 Å². The van der Waals surface area contributed by atoms with Crippen LogP contribution in [0.3, 0.4) is 0 Å². The van der Waals surface area contributed by atoms with E-state index in [-0.39, 0.29) is 31.2 Å². The Kier molecular flexibility index (Phi) is 10.1. The van der Waals surface area contributed by atoms with E-state index >= 15 is 0 Å². The van der Waals surface area contributed by atoms with Crippen LogP contribution in [0.1, 0.15) is 49.7 Å². The number of likely N-dealkylation sites (tertiary alicyclic amines) is 1. The van der Waals surface area contributed by atoms with Gasteiger partial charge in [-0.3, -0.25) is 14.5 Å². The summed E-state index contributed by atoms with van der Waals surface area (Å²) in [6.07, 6.45) is 3.88. The number of hydrogen-bond acceptors (Lipinski definition) is 7. The van der Waals surface area contributed by atoms with Gasteiger partial charge in [-0.2, -0.15) is 0 Å². The highest BCUT2D eigenvalue weighted by Crippen LogP contribution is 2.43. The molecular formula is C30H41N3O6. The van der Waals surface area contributed by atoms with Crippen molar-refractivity contribution >= 4 is 11.9 Å². The standard InChI is InChI=1S/C30H41N3O6/c1-3-4-15-32(16-7-14-31)28(34)19-33-18-23(22-11-13-26-27(17-22)39-20-38-26)29(30(35)36)24(33)12-10-21-8-5-6-9-25(21)37-2/h5-6,8-9,11,13,17,23-24,29H,3-4,7,10,12,14-16,18-20,31H2,1-2H3,(H,35,36)/t23-,24+,29?/m1/s1. The van der Waals surface area contributed by atoms with Crippen molar-refractivity contribution in [3.05, 3.63) is 53.6 Å². The molecule has 2 aliphatic heterocycles. The molecule has 3 atom stereocenters. The maximum absolute atomic E-state index is 13.5. The molecule has 2 heterocycles. The number of unbranched alkanes of at least 4 members (excludes halogenated alkanes) is 1. The Morgan fingerprint density at radius 1 is 1.13 bits per heavy atom. The summed E-state index contributed by atoms with van der Waals surface area (Å²) in [5, 5.41) is 10.5. The zero-order valence-corrected chi connectivity index (χ0v) is 23.0. The Morgan fingerprint density at radius 2 is 1.90 bits per heavy atom.